The third kappa shape index (κ3) is 8.00. The molecule has 1 aromatic heterocycles. The number of carbonyl (C=O) groups is 5. The fourth-order valence-corrected chi connectivity index (χ4v) is 3.92. The first kappa shape index (κ1) is 27.1. The average Bonchev–Trinajstić information content (AvgIpc) is 3.32. The van der Waals surface area contributed by atoms with E-state index in [9.17, 15) is 24.0 Å². The van der Waals surface area contributed by atoms with E-state index in [0.717, 1.165) is 6.42 Å². The Hall–Kier alpha value is -3.17. The molecule has 2 heterocycles. The maximum atomic E-state index is 13.0. The number of aldehydes is 1. The van der Waals surface area contributed by atoms with Gasteiger partial charge in [0, 0.05) is 12.5 Å². The van der Waals surface area contributed by atoms with Crippen molar-refractivity contribution < 1.29 is 28.4 Å². The summed E-state index contributed by atoms with van der Waals surface area (Å²) in [4.78, 5) is 62.1. The van der Waals surface area contributed by atoms with Gasteiger partial charge in [0.2, 0.25) is 17.7 Å². The predicted molar refractivity (Wildman–Crippen MR) is 125 cm³/mol. The Bertz CT molecular complexity index is 852. The lowest BCUT2D eigenvalue weighted by atomic mass is 9.91. The number of nitrogens with one attached hydrogen (secondary N) is 4. The van der Waals surface area contributed by atoms with Crippen LogP contribution in [0.3, 0.4) is 0 Å². The largest absolute Gasteiger partial charge is 0.459 e. The average molecular weight is 477 g/mol. The Labute approximate surface area is 200 Å². The van der Waals surface area contributed by atoms with Crippen molar-refractivity contribution >= 4 is 29.9 Å². The van der Waals surface area contributed by atoms with E-state index < -0.39 is 35.8 Å². The van der Waals surface area contributed by atoms with E-state index in [1.807, 2.05) is 13.8 Å². The monoisotopic (exact) mass is 476 g/mol. The minimum Gasteiger partial charge on any atom is -0.459 e. The number of hydrogen-bond donors (Lipinski definition) is 4. The van der Waals surface area contributed by atoms with Crippen molar-refractivity contribution in [2.45, 2.75) is 71.5 Å². The van der Waals surface area contributed by atoms with Crippen LogP contribution in [0, 0.1) is 17.8 Å². The molecule has 1 aliphatic heterocycles. The Balaban J connectivity index is 2.06. The molecular weight excluding hydrogens is 440 g/mol. The molecule has 4 N–H and O–H groups in total. The van der Waals surface area contributed by atoms with Crippen LogP contribution in [-0.4, -0.2) is 54.6 Å². The van der Waals surface area contributed by atoms with Gasteiger partial charge in [0.1, 0.15) is 18.4 Å². The SMILES string of the molecule is CC(C)C[C@H](NC(=O)[C@@H](NC(=O)c1ccco1)C(C)C)C(=O)N[C@H](C=O)C[C@@H]1CCCNC1=O. The van der Waals surface area contributed by atoms with E-state index in [2.05, 4.69) is 21.3 Å². The molecule has 10 heteroatoms. The number of amides is 4. The lowest BCUT2D eigenvalue weighted by molar-refractivity contribution is -0.132. The van der Waals surface area contributed by atoms with Crippen LogP contribution in [0.4, 0.5) is 0 Å². The Morgan fingerprint density at radius 1 is 1.15 bits per heavy atom. The van der Waals surface area contributed by atoms with Gasteiger partial charge >= 0.3 is 0 Å². The van der Waals surface area contributed by atoms with Crippen LogP contribution >= 0.6 is 0 Å². The topological polar surface area (TPSA) is 147 Å². The Kier molecular flexibility index (Phi) is 10.3. The van der Waals surface area contributed by atoms with E-state index >= 15 is 0 Å². The fraction of sp³-hybridized carbons (Fsp3) is 0.625. The van der Waals surface area contributed by atoms with Crippen molar-refractivity contribution in [1.82, 2.24) is 21.3 Å². The molecule has 2 rings (SSSR count). The summed E-state index contributed by atoms with van der Waals surface area (Å²) in [6, 6.07) is 0.423. The highest BCUT2D eigenvalue weighted by molar-refractivity contribution is 5.97. The van der Waals surface area contributed by atoms with Gasteiger partial charge < -0.3 is 30.5 Å². The van der Waals surface area contributed by atoms with E-state index in [1.54, 1.807) is 19.9 Å². The number of furan rings is 1. The number of piperidine rings is 1. The van der Waals surface area contributed by atoms with Crippen LogP contribution in [0.5, 0.6) is 0 Å². The van der Waals surface area contributed by atoms with E-state index in [-0.39, 0.29) is 35.8 Å². The van der Waals surface area contributed by atoms with E-state index in [0.29, 0.717) is 25.7 Å². The highest BCUT2D eigenvalue weighted by Gasteiger charge is 2.32. The van der Waals surface area contributed by atoms with Gasteiger partial charge in [-0.1, -0.05) is 27.7 Å². The summed E-state index contributed by atoms with van der Waals surface area (Å²) in [6.45, 7) is 8.00. The first-order chi connectivity index (χ1) is 16.1. The van der Waals surface area contributed by atoms with E-state index in [1.165, 1.54) is 12.3 Å². The highest BCUT2D eigenvalue weighted by Crippen LogP contribution is 2.17. The normalized spacial score (nSPS) is 18.5. The van der Waals surface area contributed by atoms with Gasteiger partial charge in [-0.25, -0.2) is 0 Å². The summed E-state index contributed by atoms with van der Waals surface area (Å²) in [6.07, 6.45) is 4.00. The van der Waals surface area contributed by atoms with Gasteiger partial charge in [0.05, 0.1) is 12.3 Å². The fourth-order valence-electron chi connectivity index (χ4n) is 3.92. The maximum absolute atomic E-state index is 13.0. The molecule has 34 heavy (non-hydrogen) atoms. The summed E-state index contributed by atoms with van der Waals surface area (Å²) >= 11 is 0. The van der Waals surface area contributed by atoms with Crippen molar-refractivity contribution in [3.05, 3.63) is 24.2 Å². The molecule has 4 amide bonds. The highest BCUT2D eigenvalue weighted by atomic mass is 16.3. The van der Waals surface area contributed by atoms with Gasteiger partial charge in [-0.15, -0.1) is 0 Å². The van der Waals surface area contributed by atoms with Crippen molar-refractivity contribution in [3.63, 3.8) is 0 Å². The lowest BCUT2D eigenvalue weighted by Gasteiger charge is -2.28. The standard InChI is InChI=1S/C24H36N4O6/c1-14(2)11-18(22(31)26-17(13-29)12-16-7-5-9-25-21(16)30)27-24(33)20(15(3)4)28-23(32)19-8-6-10-34-19/h6,8,10,13-18,20H,5,7,9,11-12H2,1-4H3,(H,25,30)(H,26,31)(H,27,33)(H,28,32)/t16-,17-,18-,20-/m0/s1. The molecule has 0 radical (unpaired) electrons. The molecule has 0 saturated carbocycles. The molecule has 10 nitrogen and oxygen atoms in total. The quantitative estimate of drug-likeness (QED) is 0.333. The molecule has 1 fully saturated rings. The summed E-state index contributed by atoms with van der Waals surface area (Å²) in [5.41, 5.74) is 0. The number of hydrogen-bond acceptors (Lipinski definition) is 6. The van der Waals surface area contributed by atoms with Gasteiger partial charge in [0.25, 0.3) is 5.91 Å². The minimum absolute atomic E-state index is 0.0741. The molecule has 0 aliphatic carbocycles. The van der Waals surface area contributed by atoms with Crippen LogP contribution in [0.25, 0.3) is 0 Å². The Morgan fingerprint density at radius 3 is 2.44 bits per heavy atom. The Morgan fingerprint density at radius 2 is 1.88 bits per heavy atom. The second-order valence-electron chi connectivity index (χ2n) is 9.48. The molecular formula is C24H36N4O6. The van der Waals surface area contributed by atoms with Crippen molar-refractivity contribution in [3.8, 4) is 0 Å². The molecule has 1 saturated heterocycles. The minimum atomic E-state index is -0.906. The summed E-state index contributed by atoms with van der Waals surface area (Å²) in [7, 11) is 0. The smallest absolute Gasteiger partial charge is 0.287 e. The summed E-state index contributed by atoms with van der Waals surface area (Å²) in [5, 5.41) is 10.8. The molecule has 0 spiro atoms. The zero-order valence-electron chi connectivity index (χ0n) is 20.3. The zero-order chi connectivity index (χ0) is 25.3. The third-order valence-electron chi connectivity index (χ3n) is 5.75. The van der Waals surface area contributed by atoms with Crippen molar-refractivity contribution in [2.75, 3.05) is 6.54 Å². The second-order valence-corrected chi connectivity index (χ2v) is 9.48. The van der Waals surface area contributed by atoms with Crippen LogP contribution < -0.4 is 21.3 Å². The number of rotatable bonds is 12. The lowest BCUT2D eigenvalue weighted by Crippen LogP contribution is -2.57. The molecule has 1 aliphatic rings. The van der Waals surface area contributed by atoms with Crippen molar-refractivity contribution in [2.24, 2.45) is 17.8 Å². The molecule has 0 bridgehead atoms. The molecule has 1 aromatic rings. The van der Waals surface area contributed by atoms with Gasteiger partial charge in [-0.2, -0.15) is 0 Å². The predicted octanol–water partition coefficient (Wildman–Crippen LogP) is 1.16. The van der Waals surface area contributed by atoms with Crippen molar-refractivity contribution in [1.29, 1.82) is 0 Å². The maximum Gasteiger partial charge on any atom is 0.287 e. The first-order valence-corrected chi connectivity index (χ1v) is 11.8. The van der Waals surface area contributed by atoms with Crippen LogP contribution in [-0.2, 0) is 19.2 Å². The molecule has 0 aromatic carbocycles. The van der Waals surface area contributed by atoms with Gasteiger partial charge in [0.15, 0.2) is 5.76 Å². The van der Waals surface area contributed by atoms with Gasteiger partial charge in [-0.05, 0) is 49.7 Å². The molecule has 188 valence electrons. The zero-order valence-corrected chi connectivity index (χ0v) is 20.3. The molecule has 4 atom stereocenters. The van der Waals surface area contributed by atoms with Gasteiger partial charge in [-0.3, -0.25) is 19.2 Å². The molecule has 0 unspecified atom stereocenters. The third-order valence-corrected chi connectivity index (χ3v) is 5.75. The number of carbonyl (C=O) groups excluding carboxylic acids is 5. The summed E-state index contributed by atoms with van der Waals surface area (Å²) in [5.74, 6) is -2.11. The van der Waals surface area contributed by atoms with Crippen LogP contribution in [0.1, 0.15) is 63.9 Å². The van der Waals surface area contributed by atoms with Crippen LogP contribution in [0.2, 0.25) is 0 Å². The van der Waals surface area contributed by atoms with E-state index in [4.69, 9.17) is 4.42 Å². The second kappa shape index (κ2) is 12.9. The summed E-state index contributed by atoms with van der Waals surface area (Å²) < 4.78 is 5.08. The first-order valence-electron chi connectivity index (χ1n) is 11.8. The van der Waals surface area contributed by atoms with Crippen LogP contribution in [0.15, 0.2) is 22.8 Å².